The summed E-state index contributed by atoms with van der Waals surface area (Å²) in [5, 5.41) is 13.6. The number of aromatic amines is 1. The van der Waals surface area contributed by atoms with E-state index in [0.717, 1.165) is 0 Å². The van der Waals surface area contributed by atoms with E-state index in [1.165, 1.54) is 22.6 Å². The van der Waals surface area contributed by atoms with Crippen molar-refractivity contribution >= 4 is 28.6 Å². The number of hydrogen-bond donors (Lipinski definition) is 2. The van der Waals surface area contributed by atoms with E-state index in [0.29, 0.717) is 0 Å². The highest BCUT2D eigenvalue weighted by atomic mass is 127. The SMILES string of the molecule is O=C(O)c1n[nH]c(C(F)F)c1I. The Bertz CT molecular complexity index is 312. The average molecular weight is 288 g/mol. The number of halogens is 3. The lowest BCUT2D eigenvalue weighted by Gasteiger charge is -1.93. The van der Waals surface area contributed by atoms with E-state index in [9.17, 15) is 13.6 Å². The van der Waals surface area contributed by atoms with Gasteiger partial charge in [0.25, 0.3) is 6.43 Å². The number of alkyl halides is 2. The Balaban J connectivity index is 3.13. The fraction of sp³-hybridized carbons (Fsp3) is 0.200. The minimum atomic E-state index is -2.72. The van der Waals surface area contributed by atoms with Crippen molar-refractivity contribution in [3.63, 3.8) is 0 Å². The smallest absolute Gasteiger partial charge is 0.357 e. The first-order valence-electron chi connectivity index (χ1n) is 2.79. The van der Waals surface area contributed by atoms with Crippen molar-refractivity contribution in [2.45, 2.75) is 6.43 Å². The van der Waals surface area contributed by atoms with Crippen LogP contribution in [0.2, 0.25) is 0 Å². The predicted octanol–water partition coefficient (Wildman–Crippen LogP) is 1.65. The lowest BCUT2D eigenvalue weighted by molar-refractivity contribution is 0.0689. The van der Waals surface area contributed by atoms with Gasteiger partial charge in [0.1, 0.15) is 5.69 Å². The molecule has 0 aliphatic heterocycles. The van der Waals surface area contributed by atoms with Crippen molar-refractivity contribution in [2.24, 2.45) is 0 Å². The van der Waals surface area contributed by atoms with Gasteiger partial charge in [0.2, 0.25) is 0 Å². The molecule has 66 valence electrons. The quantitative estimate of drug-likeness (QED) is 0.813. The van der Waals surface area contributed by atoms with Crippen molar-refractivity contribution in [2.75, 3.05) is 0 Å². The highest BCUT2D eigenvalue weighted by Gasteiger charge is 2.21. The number of aromatic carboxylic acids is 1. The van der Waals surface area contributed by atoms with Gasteiger partial charge in [-0.25, -0.2) is 13.6 Å². The normalized spacial score (nSPS) is 10.7. The van der Waals surface area contributed by atoms with Gasteiger partial charge in [-0.2, -0.15) is 5.10 Å². The zero-order chi connectivity index (χ0) is 9.30. The standard InChI is InChI=1S/C5H3F2IN2O2/c6-4(7)2-1(8)3(5(11)12)10-9-2/h4H,(H,9,10)(H,11,12). The molecule has 7 heteroatoms. The van der Waals surface area contributed by atoms with Crippen LogP contribution in [0.15, 0.2) is 0 Å². The molecular formula is C5H3F2IN2O2. The molecule has 0 radical (unpaired) electrons. The van der Waals surface area contributed by atoms with Crippen LogP contribution in [-0.2, 0) is 0 Å². The number of nitrogens with one attached hydrogen (secondary N) is 1. The first kappa shape index (κ1) is 9.36. The largest absolute Gasteiger partial charge is 0.476 e. The van der Waals surface area contributed by atoms with Crippen LogP contribution >= 0.6 is 22.6 Å². The minimum Gasteiger partial charge on any atom is -0.476 e. The third kappa shape index (κ3) is 1.54. The first-order valence-corrected chi connectivity index (χ1v) is 3.87. The molecule has 1 aromatic heterocycles. The highest BCUT2D eigenvalue weighted by molar-refractivity contribution is 14.1. The maximum atomic E-state index is 12.0. The number of carboxylic acid groups (broad SMARTS) is 1. The number of aromatic nitrogens is 2. The summed E-state index contributed by atoms with van der Waals surface area (Å²) in [6.07, 6.45) is -2.72. The maximum Gasteiger partial charge on any atom is 0.357 e. The van der Waals surface area contributed by atoms with Crippen LogP contribution in [0.1, 0.15) is 22.6 Å². The summed E-state index contributed by atoms with van der Waals surface area (Å²) in [6, 6.07) is 0. The molecule has 0 unspecified atom stereocenters. The molecule has 12 heavy (non-hydrogen) atoms. The molecule has 0 amide bonds. The molecule has 1 aromatic rings. The molecule has 0 spiro atoms. The van der Waals surface area contributed by atoms with Gasteiger partial charge in [-0.15, -0.1) is 0 Å². The van der Waals surface area contributed by atoms with Crippen molar-refractivity contribution < 1.29 is 18.7 Å². The molecule has 0 bridgehead atoms. The molecule has 0 aliphatic carbocycles. The monoisotopic (exact) mass is 288 g/mol. The molecule has 2 N–H and O–H groups in total. The Morgan fingerprint density at radius 1 is 1.67 bits per heavy atom. The predicted molar refractivity (Wildman–Crippen MR) is 43.2 cm³/mol. The van der Waals surface area contributed by atoms with E-state index >= 15 is 0 Å². The van der Waals surface area contributed by atoms with Crippen molar-refractivity contribution in [3.8, 4) is 0 Å². The second-order valence-corrected chi connectivity index (χ2v) is 2.98. The molecule has 1 rings (SSSR count). The van der Waals surface area contributed by atoms with Crippen LogP contribution < -0.4 is 0 Å². The molecule has 4 nitrogen and oxygen atoms in total. The Hall–Kier alpha value is -0.730. The van der Waals surface area contributed by atoms with Gasteiger partial charge in [0, 0.05) is 0 Å². The number of nitrogens with zero attached hydrogens (tertiary/aromatic N) is 1. The number of carboxylic acids is 1. The molecule has 0 aromatic carbocycles. The Labute approximate surface area is 79.1 Å². The van der Waals surface area contributed by atoms with Crippen LogP contribution in [0.3, 0.4) is 0 Å². The fourth-order valence-electron chi connectivity index (χ4n) is 0.628. The summed E-state index contributed by atoms with van der Waals surface area (Å²) in [7, 11) is 0. The van der Waals surface area contributed by atoms with Gasteiger partial charge in [-0.1, -0.05) is 0 Å². The van der Waals surface area contributed by atoms with Crippen LogP contribution in [0.25, 0.3) is 0 Å². The van der Waals surface area contributed by atoms with E-state index in [-0.39, 0.29) is 9.26 Å². The highest BCUT2D eigenvalue weighted by Crippen LogP contribution is 2.24. The summed E-state index contributed by atoms with van der Waals surface area (Å²) in [6.45, 7) is 0. The van der Waals surface area contributed by atoms with Crippen LogP contribution in [0, 0.1) is 3.57 Å². The minimum absolute atomic E-state index is 0.0462. The molecule has 0 saturated heterocycles. The lowest BCUT2D eigenvalue weighted by Crippen LogP contribution is -1.99. The van der Waals surface area contributed by atoms with Gasteiger partial charge in [0.15, 0.2) is 5.69 Å². The number of carbonyl (C=O) groups is 1. The van der Waals surface area contributed by atoms with E-state index in [1.54, 1.807) is 0 Å². The third-order valence-corrected chi connectivity index (χ3v) is 2.25. The van der Waals surface area contributed by atoms with Gasteiger partial charge >= 0.3 is 5.97 Å². The third-order valence-electron chi connectivity index (χ3n) is 1.15. The zero-order valence-electron chi connectivity index (χ0n) is 5.51. The number of rotatable bonds is 2. The van der Waals surface area contributed by atoms with E-state index in [1.807, 2.05) is 5.10 Å². The van der Waals surface area contributed by atoms with Crippen LogP contribution in [0.5, 0.6) is 0 Å². The summed E-state index contributed by atoms with van der Waals surface area (Å²) >= 11 is 1.51. The summed E-state index contributed by atoms with van der Waals surface area (Å²) in [5.41, 5.74) is -0.820. The molecule has 0 aliphatic rings. The molecule has 0 fully saturated rings. The van der Waals surface area contributed by atoms with E-state index in [2.05, 4.69) is 5.10 Å². The molecular weight excluding hydrogens is 285 g/mol. The zero-order valence-corrected chi connectivity index (χ0v) is 7.67. The number of H-pyrrole nitrogens is 1. The Kier molecular flexibility index (Phi) is 2.60. The molecule has 0 atom stereocenters. The van der Waals surface area contributed by atoms with Crippen LogP contribution in [-0.4, -0.2) is 21.3 Å². The summed E-state index contributed by atoms with van der Waals surface area (Å²) in [4.78, 5) is 10.3. The fourth-order valence-corrected chi connectivity index (χ4v) is 1.34. The first-order chi connectivity index (χ1) is 5.54. The van der Waals surface area contributed by atoms with Crippen molar-refractivity contribution in [1.29, 1.82) is 0 Å². The maximum absolute atomic E-state index is 12.0. The van der Waals surface area contributed by atoms with Gasteiger partial charge < -0.3 is 5.11 Å². The number of hydrogen-bond acceptors (Lipinski definition) is 2. The lowest BCUT2D eigenvalue weighted by atomic mass is 10.3. The second kappa shape index (κ2) is 3.33. The summed E-state index contributed by atoms with van der Waals surface area (Å²) in [5.74, 6) is -1.32. The average Bonchev–Trinajstić information content (AvgIpc) is 2.30. The topological polar surface area (TPSA) is 66.0 Å². The molecule has 0 saturated carbocycles. The second-order valence-electron chi connectivity index (χ2n) is 1.91. The van der Waals surface area contributed by atoms with Gasteiger partial charge in [-0.05, 0) is 22.6 Å². The molecule has 1 heterocycles. The van der Waals surface area contributed by atoms with Crippen LogP contribution in [0.4, 0.5) is 8.78 Å². The van der Waals surface area contributed by atoms with Gasteiger partial charge in [-0.3, -0.25) is 5.10 Å². The Morgan fingerprint density at radius 3 is 2.50 bits per heavy atom. The summed E-state index contributed by atoms with van der Waals surface area (Å²) < 4.78 is 24.0. The van der Waals surface area contributed by atoms with Crippen molar-refractivity contribution in [1.82, 2.24) is 10.2 Å². The van der Waals surface area contributed by atoms with Crippen molar-refractivity contribution in [3.05, 3.63) is 15.0 Å². The van der Waals surface area contributed by atoms with E-state index < -0.39 is 18.1 Å². The van der Waals surface area contributed by atoms with Gasteiger partial charge in [0.05, 0.1) is 3.57 Å². The van der Waals surface area contributed by atoms with E-state index in [4.69, 9.17) is 5.11 Å². The Morgan fingerprint density at radius 2 is 2.25 bits per heavy atom.